The molecular formula is C13H19ClN2O. The molecule has 94 valence electrons. The van der Waals surface area contributed by atoms with Gasteiger partial charge in [0, 0.05) is 17.8 Å². The minimum absolute atomic E-state index is 0. The first-order valence-electron chi connectivity index (χ1n) is 5.91. The molecule has 1 aliphatic heterocycles. The van der Waals surface area contributed by atoms with Crippen molar-refractivity contribution in [2.24, 2.45) is 5.73 Å². The van der Waals surface area contributed by atoms with E-state index >= 15 is 0 Å². The van der Waals surface area contributed by atoms with Gasteiger partial charge in [-0.05, 0) is 12.5 Å². The smallest absolute Gasteiger partial charge is 0.248 e. The lowest BCUT2D eigenvalue weighted by Crippen LogP contribution is -2.32. The Labute approximate surface area is 108 Å². The number of fused-ring (bicyclic) bond motifs is 1. The van der Waals surface area contributed by atoms with Crippen molar-refractivity contribution in [3.63, 3.8) is 0 Å². The molecule has 1 aromatic rings. The maximum Gasteiger partial charge on any atom is 0.248 e. The zero-order valence-electron chi connectivity index (χ0n) is 10.1. The van der Waals surface area contributed by atoms with Gasteiger partial charge in [-0.1, -0.05) is 38.0 Å². The summed E-state index contributed by atoms with van der Waals surface area (Å²) in [4.78, 5) is 13.8. The van der Waals surface area contributed by atoms with Gasteiger partial charge in [0.2, 0.25) is 5.91 Å². The number of amides is 1. The van der Waals surface area contributed by atoms with E-state index in [-0.39, 0.29) is 18.3 Å². The van der Waals surface area contributed by atoms with Gasteiger partial charge in [0.1, 0.15) is 6.04 Å². The van der Waals surface area contributed by atoms with E-state index in [1.165, 1.54) is 0 Å². The van der Waals surface area contributed by atoms with Crippen LogP contribution in [0, 0.1) is 0 Å². The zero-order valence-corrected chi connectivity index (χ0v) is 10.9. The third-order valence-corrected chi connectivity index (χ3v) is 3.08. The summed E-state index contributed by atoms with van der Waals surface area (Å²) in [7, 11) is 0. The number of benzene rings is 1. The molecule has 17 heavy (non-hydrogen) atoms. The van der Waals surface area contributed by atoms with Crippen molar-refractivity contribution in [2.75, 3.05) is 11.4 Å². The highest BCUT2D eigenvalue weighted by atomic mass is 35.5. The average Bonchev–Trinajstić information content (AvgIpc) is 2.55. The summed E-state index contributed by atoms with van der Waals surface area (Å²) in [5, 5.41) is 0. The van der Waals surface area contributed by atoms with Crippen LogP contribution in [0.1, 0.15) is 37.8 Å². The third kappa shape index (κ3) is 2.61. The highest BCUT2D eigenvalue weighted by Crippen LogP contribution is 2.34. The van der Waals surface area contributed by atoms with Gasteiger partial charge in [0.15, 0.2) is 0 Å². The molecule has 0 bridgehead atoms. The quantitative estimate of drug-likeness (QED) is 0.840. The molecule has 0 spiro atoms. The summed E-state index contributed by atoms with van der Waals surface area (Å²) < 4.78 is 0. The van der Waals surface area contributed by atoms with Gasteiger partial charge in [-0.15, -0.1) is 12.4 Å². The van der Waals surface area contributed by atoms with Gasteiger partial charge < -0.3 is 10.6 Å². The Kier molecular flexibility index (Phi) is 4.97. The van der Waals surface area contributed by atoms with E-state index in [2.05, 4.69) is 6.92 Å². The van der Waals surface area contributed by atoms with Crippen LogP contribution in [0.5, 0.6) is 0 Å². The summed E-state index contributed by atoms with van der Waals surface area (Å²) in [5.41, 5.74) is 7.85. The lowest BCUT2D eigenvalue weighted by molar-refractivity contribution is -0.119. The average molecular weight is 255 g/mol. The second-order valence-corrected chi connectivity index (χ2v) is 4.23. The summed E-state index contributed by atoms with van der Waals surface area (Å²) >= 11 is 0. The molecule has 0 saturated heterocycles. The van der Waals surface area contributed by atoms with Crippen molar-refractivity contribution in [1.82, 2.24) is 0 Å². The number of hydrogen-bond donors (Lipinski definition) is 1. The number of rotatable bonds is 4. The molecule has 2 rings (SSSR count). The second kappa shape index (κ2) is 6.03. The molecule has 0 aliphatic carbocycles. The number of para-hydroxylation sites is 1. The monoisotopic (exact) mass is 254 g/mol. The van der Waals surface area contributed by atoms with Crippen LogP contribution < -0.4 is 10.6 Å². The Bertz CT molecular complexity index is 395. The topological polar surface area (TPSA) is 46.3 Å². The van der Waals surface area contributed by atoms with Crippen LogP contribution in [-0.2, 0) is 4.79 Å². The van der Waals surface area contributed by atoms with Gasteiger partial charge >= 0.3 is 0 Å². The number of nitrogens with two attached hydrogens (primary N) is 1. The second-order valence-electron chi connectivity index (χ2n) is 4.23. The molecule has 1 unspecified atom stereocenters. The standard InChI is InChI=1S/C13H18N2O.ClH/c1-2-3-6-9-15-11-8-5-4-7-10(11)12(14)13(15)16;/h4-5,7-8,12H,2-3,6,9,14H2,1H3;1H. The first kappa shape index (κ1) is 14.0. The number of anilines is 1. The zero-order chi connectivity index (χ0) is 11.5. The molecule has 1 amide bonds. The van der Waals surface area contributed by atoms with E-state index in [1.54, 1.807) is 0 Å². The molecule has 1 aliphatic rings. The maximum absolute atomic E-state index is 12.0. The summed E-state index contributed by atoms with van der Waals surface area (Å²) in [5.74, 6) is 0.0392. The van der Waals surface area contributed by atoms with Gasteiger partial charge in [0.05, 0.1) is 0 Å². The molecule has 0 radical (unpaired) electrons. The minimum atomic E-state index is -0.460. The fraction of sp³-hybridized carbons (Fsp3) is 0.462. The molecular weight excluding hydrogens is 236 g/mol. The number of carbonyl (C=O) groups is 1. The highest BCUT2D eigenvalue weighted by molar-refractivity contribution is 6.04. The van der Waals surface area contributed by atoms with Crippen molar-refractivity contribution in [3.05, 3.63) is 29.8 Å². The molecule has 0 aromatic heterocycles. The van der Waals surface area contributed by atoms with Crippen LogP contribution in [0.15, 0.2) is 24.3 Å². The lowest BCUT2D eigenvalue weighted by atomic mass is 10.1. The van der Waals surface area contributed by atoms with Crippen LogP contribution in [0.2, 0.25) is 0 Å². The lowest BCUT2D eigenvalue weighted by Gasteiger charge is -2.17. The Morgan fingerprint density at radius 2 is 2.00 bits per heavy atom. The van der Waals surface area contributed by atoms with Crippen LogP contribution in [0.25, 0.3) is 0 Å². The van der Waals surface area contributed by atoms with Crippen molar-refractivity contribution in [1.29, 1.82) is 0 Å². The van der Waals surface area contributed by atoms with E-state index < -0.39 is 6.04 Å². The predicted molar refractivity (Wildman–Crippen MR) is 72.5 cm³/mol. The van der Waals surface area contributed by atoms with Gasteiger partial charge in [-0.2, -0.15) is 0 Å². The van der Waals surface area contributed by atoms with Crippen LogP contribution in [-0.4, -0.2) is 12.5 Å². The molecule has 1 atom stereocenters. The van der Waals surface area contributed by atoms with Crippen molar-refractivity contribution in [2.45, 2.75) is 32.2 Å². The molecule has 0 saturated carbocycles. The van der Waals surface area contributed by atoms with E-state index in [0.29, 0.717) is 0 Å². The van der Waals surface area contributed by atoms with E-state index in [4.69, 9.17) is 5.73 Å². The van der Waals surface area contributed by atoms with Crippen LogP contribution in [0.3, 0.4) is 0 Å². The summed E-state index contributed by atoms with van der Waals surface area (Å²) in [6, 6.07) is 7.35. The first-order chi connectivity index (χ1) is 7.75. The van der Waals surface area contributed by atoms with Crippen LogP contribution in [0.4, 0.5) is 5.69 Å². The Morgan fingerprint density at radius 3 is 2.71 bits per heavy atom. The fourth-order valence-corrected chi connectivity index (χ4v) is 2.17. The molecule has 0 fully saturated rings. The van der Waals surface area contributed by atoms with E-state index in [0.717, 1.165) is 37.1 Å². The number of nitrogens with zero attached hydrogens (tertiary/aromatic N) is 1. The number of halogens is 1. The van der Waals surface area contributed by atoms with Crippen LogP contribution >= 0.6 is 12.4 Å². The van der Waals surface area contributed by atoms with Gasteiger partial charge in [-0.3, -0.25) is 4.79 Å². The largest absolute Gasteiger partial charge is 0.316 e. The van der Waals surface area contributed by atoms with E-state index in [1.807, 2.05) is 29.2 Å². The Hall–Kier alpha value is -1.06. The van der Waals surface area contributed by atoms with Crippen molar-refractivity contribution >= 4 is 24.0 Å². The molecule has 1 aromatic carbocycles. The third-order valence-electron chi connectivity index (χ3n) is 3.08. The summed E-state index contributed by atoms with van der Waals surface area (Å²) in [6.07, 6.45) is 3.36. The normalized spacial score (nSPS) is 17.9. The number of hydrogen-bond acceptors (Lipinski definition) is 2. The highest BCUT2D eigenvalue weighted by Gasteiger charge is 2.33. The molecule has 2 N–H and O–H groups in total. The summed E-state index contributed by atoms with van der Waals surface area (Å²) in [6.45, 7) is 2.95. The molecule has 3 nitrogen and oxygen atoms in total. The number of unbranched alkanes of at least 4 members (excludes halogenated alkanes) is 2. The van der Waals surface area contributed by atoms with Gasteiger partial charge in [0.25, 0.3) is 0 Å². The fourth-order valence-electron chi connectivity index (χ4n) is 2.17. The maximum atomic E-state index is 12.0. The van der Waals surface area contributed by atoms with Crippen molar-refractivity contribution in [3.8, 4) is 0 Å². The number of carbonyl (C=O) groups excluding carboxylic acids is 1. The first-order valence-corrected chi connectivity index (χ1v) is 5.91. The molecule has 4 heteroatoms. The van der Waals surface area contributed by atoms with E-state index in [9.17, 15) is 4.79 Å². The Balaban J connectivity index is 0.00000144. The van der Waals surface area contributed by atoms with Crippen molar-refractivity contribution < 1.29 is 4.79 Å². The predicted octanol–water partition coefficient (Wildman–Crippen LogP) is 2.65. The SMILES string of the molecule is CCCCCN1C(=O)C(N)c2ccccc21.Cl. The van der Waals surface area contributed by atoms with Gasteiger partial charge in [-0.25, -0.2) is 0 Å². The Morgan fingerprint density at radius 1 is 1.29 bits per heavy atom. The minimum Gasteiger partial charge on any atom is -0.316 e. The molecule has 1 heterocycles.